The molecule has 0 radical (unpaired) electrons. The molecule has 2 amide bonds. The average molecular weight is 382 g/mol. The molecule has 1 saturated heterocycles. The number of carbonyl (C=O) groups excluding carboxylic acids is 2. The van der Waals surface area contributed by atoms with E-state index in [2.05, 4.69) is 5.32 Å². The number of piperidine rings is 1. The lowest BCUT2D eigenvalue weighted by atomic mass is 9.94. The summed E-state index contributed by atoms with van der Waals surface area (Å²) in [6.07, 6.45) is 2.26. The Bertz CT molecular complexity index is 868. The van der Waals surface area contributed by atoms with Crippen LogP contribution in [0.1, 0.15) is 41.2 Å². The van der Waals surface area contributed by atoms with Gasteiger partial charge in [0.1, 0.15) is 11.6 Å². The first kappa shape index (κ1) is 18.5. The molecule has 5 nitrogen and oxygen atoms in total. The Labute approximate surface area is 163 Å². The lowest BCUT2D eigenvalue weighted by Crippen LogP contribution is -2.46. The fourth-order valence-electron chi connectivity index (χ4n) is 3.93. The highest BCUT2D eigenvalue weighted by Gasteiger charge is 2.31. The number of amides is 2. The van der Waals surface area contributed by atoms with Crippen molar-refractivity contribution in [2.24, 2.45) is 5.92 Å². The maximum atomic E-state index is 13.1. The average Bonchev–Trinajstić information content (AvgIpc) is 2.74. The molecule has 146 valence electrons. The number of likely N-dealkylation sites (tertiary alicyclic amines) is 1. The lowest BCUT2D eigenvalue weighted by Gasteiger charge is -2.34. The molecule has 1 N–H and O–H groups in total. The number of carbonyl (C=O) groups is 2. The SMILES string of the molecule is O=C(NC1CCOc2ccccc21)C1CCCN(C(=O)c2ccc(F)cc2)C1. The first-order valence-electron chi connectivity index (χ1n) is 9.69. The van der Waals surface area contributed by atoms with E-state index in [1.165, 1.54) is 24.3 Å². The van der Waals surface area contributed by atoms with Crippen LogP contribution in [0, 0.1) is 11.7 Å². The van der Waals surface area contributed by atoms with Crippen LogP contribution >= 0.6 is 0 Å². The van der Waals surface area contributed by atoms with Gasteiger partial charge in [0, 0.05) is 30.6 Å². The quantitative estimate of drug-likeness (QED) is 0.886. The molecule has 1 fully saturated rings. The number of fused-ring (bicyclic) bond motifs is 1. The topological polar surface area (TPSA) is 58.6 Å². The number of hydrogen-bond donors (Lipinski definition) is 1. The molecule has 2 aromatic carbocycles. The van der Waals surface area contributed by atoms with Crippen molar-refractivity contribution in [3.8, 4) is 5.75 Å². The molecule has 0 aromatic heterocycles. The van der Waals surface area contributed by atoms with Crippen LogP contribution in [0.3, 0.4) is 0 Å². The number of hydrogen-bond acceptors (Lipinski definition) is 3. The summed E-state index contributed by atoms with van der Waals surface area (Å²) in [5.74, 6) is 0.0142. The Morgan fingerprint density at radius 2 is 1.86 bits per heavy atom. The van der Waals surface area contributed by atoms with Crippen LogP contribution in [-0.2, 0) is 4.79 Å². The first-order chi connectivity index (χ1) is 13.6. The van der Waals surface area contributed by atoms with E-state index in [0.717, 1.165) is 30.6 Å². The molecular weight excluding hydrogens is 359 g/mol. The van der Waals surface area contributed by atoms with E-state index in [4.69, 9.17) is 4.74 Å². The van der Waals surface area contributed by atoms with Gasteiger partial charge in [-0.05, 0) is 43.2 Å². The Balaban J connectivity index is 1.41. The van der Waals surface area contributed by atoms with Crippen LogP contribution < -0.4 is 10.1 Å². The van der Waals surface area contributed by atoms with E-state index in [9.17, 15) is 14.0 Å². The summed E-state index contributed by atoms with van der Waals surface area (Å²) in [6, 6.07) is 13.2. The number of rotatable bonds is 3. The lowest BCUT2D eigenvalue weighted by molar-refractivity contribution is -0.127. The summed E-state index contributed by atoms with van der Waals surface area (Å²) in [5.41, 5.74) is 1.44. The predicted molar refractivity (Wildman–Crippen MR) is 102 cm³/mol. The molecular formula is C22H23FN2O3. The number of ether oxygens (including phenoxy) is 1. The Hall–Kier alpha value is -2.89. The summed E-state index contributed by atoms with van der Waals surface area (Å²) >= 11 is 0. The van der Waals surface area contributed by atoms with Crippen LogP contribution in [0.25, 0.3) is 0 Å². The summed E-state index contributed by atoms with van der Waals surface area (Å²) in [5, 5.41) is 3.15. The van der Waals surface area contributed by atoms with Gasteiger partial charge in [0.15, 0.2) is 0 Å². The standard InChI is InChI=1S/C22H23FN2O3/c23-17-9-7-15(8-10-17)22(27)25-12-3-4-16(14-25)21(26)24-19-11-13-28-20-6-2-1-5-18(19)20/h1-2,5-10,16,19H,3-4,11-14H2,(H,24,26). The van der Waals surface area contributed by atoms with Crippen LogP contribution in [0.2, 0.25) is 0 Å². The normalized spacial score (nSPS) is 21.4. The molecule has 2 heterocycles. The van der Waals surface area contributed by atoms with Gasteiger partial charge in [-0.25, -0.2) is 4.39 Å². The van der Waals surface area contributed by atoms with Gasteiger partial charge >= 0.3 is 0 Å². The Morgan fingerprint density at radius 1 is 1.07 bits per heavy atom. The van der Waals surface area contributed by atoms with Crippen molar-refractivity contribution in [1.82, 2.24) is 10.2 Å². The molecule has 4 rings (SSSR count). The van der Waals surface area contributed by atoms with Gasteiger partial charge in [0.05, 0.1) is 18.6 Å². The second kappa shape index (κ2) is 8.00. The van der Waals surface area contributed by atoms with Crippen molar-refractivity contribution < 1.29 is 18.7 Å². The van der Waals surface area contributed by atoms with E-state index in [-0.39, 0.29) is 29.6 Å². The number of benzene rings is 2. The van der Waals surface area contributed by atoms with E-state index < -0.39 is 0 Å². The molecule has 2 aliphatic rings. The molecule has 2 unspecified atom stereocenters. The highest BCUT2D eigenvalue weighted by molar-refractivity contribution is 5.94. The summed E-state index contributed by atoms with van der Waals surface area (Å²) < 4.78 is 18.8. The first-order valence-corrected chi connectivity index (χ1v) is 9.69. The molecule has 28 heavy (non-hydrogen) atoms. The zero-order valence-electron chi connectivity index (χ0n) is 15.6. The van der Waals surface area contributed by atoms with Gasteiger partial charge in [0.2, 0.25) is 5.91 Å². The largest absolute Gasteiger partial charge is 0.493 e. The van der Waals surface area contributed by atoms with Gasteiger partial charge in [-0.1, -0.05) is 18.2 Å². The van der Waals surface area contributed by atoms with Crippen molar-refractivity contribution >= 4 is 11.8 Å². The Morgan fingerprint density at radius 3 is 2.68 bits per heavy atom. The van der Waals surface area contributed by atoms with Gasteiger partial charge in [-0.3, -0.25) is 9.59 Å². The summed E-state index contributed by atoms with van der Waals surface area (Å²) in [6.45, 7) is 1.56. The number of halogens is 1. The fourth-order valence-corrected chi connectivity index (χ4v) is 3.93. The van der Waals surface area contributed by atoms with Crippen LogP contribution in [0.5, 0.6) is 5.75 Å². The maximum Gasteiger partial charge on any atom is 0.253 e. The van der Waals surface area contributed by atoms with Crippen molar-refractivity contribution in [1.29, 1.82) is 0 Å². The monoisotopic (exact) mass is 382 g/mol. The zero-order valence-corrected chi connectivity index (χ0v) is 15.6. The predicted octanol–water partition coefficient (Wildman–Crippen LogP) is 3.32. The van der Waals surface area contributed by atoms with Crippen molar-refractivity contribution in [3.63, 3.8) is 0 Å². The van der Waals surface area contributed by atoms with E-state index in [1.807, 2.05) is 24.3 Å². The maximum absolute atomic E-state index is 13.1. The molecule has 0 aliphatic carbocycles. The van der Waals surface area contributed by atoms with Gasteiger partial charge < -0.3 is 15.0 Å². The number of nitrogens with one attached hydrogen (secondary N) is 1. The molecule has 2 aliphatic heterocycles. The second-order valence-corrected chi connectivity index (χ2v) is 7.33. The smallest absolute Gasteiger partial charge is 0.253 e. The molecule has 0 saturated carbocycles. The van der Waals surface area contributed by atoms with Crippen LogP contribution in [0.4, 0.5) is 4.39 Å². The van der Waals surface area contributed by atoms with Crippen molar-refractivity contribution in [2.45, 2.75) is 25.3 Å². The number of nitrogens with zero attached hydrogens (tertiary/aromatic N) is 1. The highest BCUT2D eigenvalue weighted by Crippen LogP contribution is 2.32. The van der Waals surface area contributed by atoms with E-state index >= 15 is 0 Å². The van der Waals surface area contributed by atoms with Gasteiger partial charge in [-0.2, -0.15) is 0 Å². The summed E-state index contributed by atoms with van der Waals surface area (Å²) in [7, 11) is 0. The minimum absolute atomic E-state index is 0.0293. The third kappa shape index (κ3) is 3.86. The fraction of sp³-hybridized carbons (Fsp3) is 0.364. The van der Waals surface area contributed by atoms with Crippen LogP contribution in [0.15, 0.2) is 48.5 Å². The molecule has 2 atom stereocenters. The highest BCUT2D eigenvalue weighted by atomic mass is 19.1. The molecule has 6 heteroatoms. The third-order valence-electron chi connectivity index (χ3n) is 5.45. The van der Waals surface area contributed by atoms with Crippen molar-refractivity contribution in [3.05, 3.63) is 65.5 Å². The zero-order chi connectivity index (χ0) is 19.5. The van der Waals surface area contributed by atoms with Gasteiger partial charge in [-0.15, -0.1) is 0 Å². The Kier molecular flexibility index (Phi) is 5.28. The van der Waals surface area contributed by atoms with Crippen molar-refractivity contribution in [2.75, 3.05) is 19.7 Å². The van der Waals surface area contributed by atoms with E-state index in [1.54, 1.807) is 4.90 Å². The number of para-hydroxylation sites is 1. The summed E-state index contributed by atoms with van der Waals surface area (Å²) in [4.78, 5) is 27.3. The molecule has 2 aromatic rings. The third-order valence-corrected chi connectivity index (χ3v) is 5.45. The molecule has 0 bridgehead atoms. The second-order valence-electron chi connectivity index (χ2n) is 7.33. The van der Waals surface area contributed by atoms with Crippen LogP contribution in [-0.4, -0.2) is 36.4 Å². The minimum atomic E-state index is -0.371. The minimum Gasteiger partial charge on any atom is -0.493 e. The molecule has 0 spiro atoms. The van der Waals surface area contributed by atoms with Gasteiger partial charge in [0.25, 0.3) is 5.91 Å². The van der Waals surface area contributed by atoms with E-state index in [0.29, 0.717) is 25.3 Å².